The summed E-state index contributed by atoms with van der Waals surface area (Å²) in [6.07, 6.45) is 1.71. The molecule has 2 N–H and O–H groups in total. The first-order valence-corrected chi connectivity index (χ1v) is 5.42. The molecule has 0 spiro atoms. The van der Waals surface area contributed by atoms with Crippen molar-refractivity contribution in [3.8, 4) is 0 Å². The van der Waals surface area contributed by atoms with E-state index in [4.69, 9.17) is 5.73 Å². The lowest BCUT2D eigenvalue weighted by molar-refractivity contribution is 0.863. The van der Waals surface area contributed by atoms with Crippen molar-refractivity contribution in [1.29, 1.82) is 0 Å². The molecule has 1 aromatic rings. The SMILES string of the molecule is CC.CC.CC(C)c1cccnc1N. The normalized spacial score (nSPS) is 8.21. The van der Waals surface area contributed by atoms with Gasteiger partial charge in [-0.3, -0.25) is 0 Å². The summed E-state index contributed by atoms with van der Waals surface area (Å²) >= 11 is 0. The maximum absolute atomic E-state index is 5.61. The summed E-state index contributed by atoms with van der Waals surface area (Å²) in [6.45, 7) is 12.2. The Morgan fingerprint density at radius 3 is 1.93 bits per heavy atom. The van der Waals surface area contributed by atoms with Crippen LogP contribution in [-0.4, -0.2) is 4.98 Å². The molecule has 0 aliphatic rings. The Balaban J connectivity index is 0. The van der Waals surface area contributed by atoms with Crippen LogP contribution in [0, 0.1) is 0 Å². The topological polar surface area (TPSA) is 38.9 Å². The molecule has 0 saturated carbocycles. The third-order valence-electron chi connectivity index (χ3n) is 1.49. The lowest BCUT2D eigenvalue weighted by Gasteiger charge is -2.05. The van der Waals surface area contributed by atoms with E-state index in [-0.39, 0.29) is 0 Å². The maximum Gasteiger partial charge on any atom is 0.126 e. The van der Waals surface area contributed by atoms with Crippen molar-refractivity contribution in [2.75, 3.05) is 5.73 Å². The van der Waals surface area contributed by atoms with Gasteiger partial charge in [-0.1, -0.05) is 47.6 Å². The van der Waals surface area contributed by atoms with Gasteiger partial charge < -0.3 is 5.73 Å². The molecule has 0 bridgehead atoms. The summed E-state index contributed by atoms with van der Waals surface area (Å²) in [7, 11) is 0. The van der Waals surface area contributed by atoms with Crippen molar-refractivity contribution >= 4 is 5.82 Å². The standard InChI is InChI=1S/C8H12N2.2C2H6/c1-6(2)7-4-3-5-10-8(7)9;2*1-2/h3-6H,1-2H3,(H2,9,10);2*1-2H3. The molecule has 0 aliphatic heterocycles. The zero-order valence-corrected chi connectivity index (χ0v) is 10.3. The molecule has 1 rings (SSSR count). The third-order valence-corrected chi connectivity index (χ3v) is 1.49. The number of hydrogen-bond acceptors (Lipinski definition) is 2. The Hall–Kier alpha value is -1.05. The summed E-state index contributed by atoms with van der Waals surface area (Å²) in [6, 6.07) is 3.92. The first kappa shape index (κ1) is 15.4. The van der Waals surface area contributed by atoms with Crippen LogP contribution < -0.4 is 5.73 Å². The van der Waals surface area contributed by atoms with Crippen LogP contribution in [0.2, 0.25) is 0 Å². The molecule has 14 heavy (non-hydrogen) atoms. The van der Waals surface area contributed by atoms with E-state index in [1.165, 1.54) is 0 Å². The highest BCUT2D eigenvalue weighted by Crippen LogP contribution is 2.17. The van der Waals surface area contributed by atoms with Crippen LogP contribution in [0.4, 0.5) is 5.82 Å². The first-order chi connectivity index (χ1) is 6.72. The zero-order valence-electron chi connectivity index (χ0n) is 10.3. The molecule has 0 atom stereocenters. The van der Waals surface area contributed by atoms with Gasteiger partial charge in [-0.2, -0.15) is 0 Å². The number of nitrogen functional groups attached to an aromatic ring is 1. The number of aromatic nitrogens is 1. The van der Waals surface area contributed by atoms with Gasteiger partial charge >= 0.3 is 0 Å². The number of hydrogen-bond donors (Lipinski definition) is 1. The third kappa shape index (κ3) is 5.57. The van der Waals surface area contributed by atoms with Gasteiger partial charge in [0.1, 0.15) is 5.82 Å². The average Bonchev–Trinajstić information content (AvgIpc) is 2.24. The Morgan fingerprint density at radius 2 is 1.64 bits per heavy atom. The number of rotatable bonds is 1. The van der Waals surface area contributed by atoms with E-state index >= 15 is 0 Å². The highest BCUT2D eigenvalue weighted by atomic mass is 14.8. The van der Waals surface area contributed by atoms with Crippen molar-refractivity contribution in [2.24, 2.45) is 0 Å². The molecule has 2 nitrogen and oxygen atoms in total. The molecular weight excluding hydrogens is 172 g/mol. The van der Waals surface area contributed by atoms with Crippen LogP contribution in [-0.2, 0) is 0 Å². The van der Waals surface area contributed by atoms with Gasteiger partial charge in [0.05, 0.1) is 0 Å². The number of anilines is 1. The largest absolute Gasteiger partial charge is 0.383 e. The highest BCUT2D eigenvalue weighted by molar-refractivity contribution is 5.40. The van der Waals surface area contributed by atoms with Crippen molar-refractivity contribution in [3.63, 3.8) is 0 Å². The molecule has 0 fully saturated rings. The average molecular weight is 196 g/mol. The molecule has 0 amide bonds. The number of nitrogens with zero attached hydrogens (tertiary/aromatic N) is 1. The molecule has 1 heterocycles. The minimum atomic E-state index is 0.466. The summed E-state index contributed by atoms with van der Waals surface area (Å²) in [5.74, 6) is 1.12. The second kappa shape index (κ2) is 10.0. The molecule has 0 unspecified atom stereocenters. The van der Waals surface area contributed by atoms with E-state index in [9.17, 15) is 0 Å². The zero-order chi connectivity index (χ0) is 11.6. The molecule has 0 aliphatic carbocycles. The predicted octanol–water partition coefficient (Wildman–Crippen LogP) is 3.84. The fourth-order valence-corrected chi connectivity index (χ4v) is 0.918. The van der Waals surface area contributed by atoms with Crippen molar-refractivity contribution < 1.29 is 0 Å². The molecule has 2 heteroatoms. The van der Waals surface area contributed by atoms with Crippen LogP contribution in [0.1, 0.15) is 53.0 Å². The fourth-order valence-electron chi connectivity index (χ4n) is 0.918. The van der Waals surface area contributed by atoms with Gasteiger partial charge in [0.15, 0.2) is 0 Å². The lowest BCUT2D eigenvalue weighted by Crippen LogP contribution is -1.97. The molecule has 82 valence electrons. The smallest absolute Gasteiger partial charge is 0.126 e. The van der Waals surface area contributed by atoms with Crippen LogP contribution in [0.25, 0.3) is 0 Å². The minimum Gasteiger partial charge on any atom is -0.383 e. The van der Waals surface area contributed by atoms with Crippen LogP contribution >= 0.6 is 0 Å². The van der Waals surface area contributed by atoms with Crippen molar-refractivity contribution in [2.45, 2.75) is 47.5 Å². The van der Waals surface area contributed by atoms with Gasteiger partial charge in [0.2, 0.25) is 0 Å². The summed E-state index contributed by atoms with van der Waals surface area (Å²) in [5, 5.41) is 0. The Kier molecular flexibility index (Phi) is 11.1. The van der Waals surface area contributed by atoms with Gasteiger partial charge in [-0.15, -0.1) is 0 Å². The van der Waals surface area contributed by atoms with Crippen LogP contribution in [0.15, 0.2) is 18.3 Å². The quantitative estimate of drug-likeness (QED) is 0.741. The van der Waals surface area contributed by atoms with Gasteiger partial charge in [-0.25, -0.2) is 4.98 Å². The van der Waals surface area contributed by atoms with E-state index in [0.717, 1.165) is 5.56 Å². The Bertz CT molecular complexity index is 219. The van der Waals surface area contributed by atoms with Gasteiger partial charge in [0.25, 0.3) is 0 Å². The summed E-state index contributed by atoms with van der Waals surface area (Å²) in [5.41, 5.74) is 6.74. The van der Waals surface area contributed by atoms with Gasteiger partial charge in [-0.05, 0) is 17.5 Å². The molecule has 1 aromatic heterocycles. The van der Waals surface area contributed by atoms with Crippen molar-refractivity contribution in [3.05, 3.63) is 23.9 Å². The molecule has 0 radical (unpaired) electrons. The van der Waals surface area contributed by atoms with E-state index < -0.39 is 0 Å². The number of nitrogens with two attached hydrogens (primary N) is 1. The lowest BCUT2D eigenvalue weighted by atomic mass is 10.1. The highest BCUT2D eigenvalue weighted by Gasteiger charge is 2.01. The molecular formula is C12H24N2. The van der Waals surface area contributed by atoms with E-state index in [1.54, 1.807) is 6.20 Å². The fraction of sp³-hybridized carbons (Fsp3) is 0.583. The van der Waals surface area contributed by atoms with Crippen LogP contribution in [0.5, 0.6) is 0 Å². The second-order valence-electron chi connectivity index (χ2n) is 2.63. The van der Waals surface area contributed by atoms with Crippen molar-refractivity contribution in [1.82, 2.24) is 4.98 Å². The minimum absolute atomic E-state index is 0.466. The van der Waals surface area contributed by atoms with Gasteiger partial charge in [0, 0.05) is 6.20 Å². The Labute approximate surface area is 88.6 Å². The van der Waals surface area contributed by atoms with E-state index in [1.807, 2.05) is 39.8 Å². The molecule has 0 saturated heterocycles. The predicted molar refractivity (Wildman–Crippen MR) is 65.4 cm³/mol. The summed E-state index contributed by atoms with van der Waals surface area (Å²) < 4.78 is 0. The monoisotopic (exact) mass is 196 g/mol. The maximum atomic E-state index is 5.61. The van der Waals surface area contributed by atoms with Crippen LogP contribution in [0.3, 0.4) is 0 Å². The Morgan fingerprint density at radius 1 is 1.14 bits per heavy atom. The number of pyridine rings is 1. The first-order valence-electron chi connectivity index (χ1n) is 5.42. The van der Waals surface area contributed by atoms with E-state index in [2.05, 4.69) is 18.8 Å². The molecule has 0 aromatic carbocycles. The van der Waals surface area contributed by atoms with E-state index in [0.29, 0.717) is 11.7 Å². The summed E-state index contributed by atoms with van der Waals surface area (Å²) in [4.78, 5) is 3.98. The second-order valence-corrected chi connectivity index (χ2v) is 2.63.